The highest BCUT2D eigenvalue weighted by molar-refractivity contribution is 7.21. The fourth-order valence-corrected chi connectivity index (χ4v) is 4.91. The van der Waals surface area contributed by atoms with Crippen LogP contribution in [-0.2, 0) is 6.54 Å². The predicted octanol–water partition coefficient (Wildman–Crippen LogP) is 5.21. The number of hydrogen-bond acceptors (Lipinski definition) is 5. The summed E-state index contributed by atoms with van der Waals surface area (Å²) in [5.74, 6) is 1.01. The van der Waals surface area contributed by atoms with Crippen molar-refractivity contribution >= 4 is 27.5 Å². The summed E-state index contributed by atoms with van der Waals surface area (Å²) in [5, 5.41) is 0.806. The first kappa shape index (κ1) is 20.0. The van der Waals surface area contributed by atoms with E-state index in [1.54, 1.807) is 17.4 Å². The van der Waals surface area contributed by atoms with Crippen LogP contribution in [0.1, 0.15) is 28.1 Å². The van der Waals surface area contributed by atoms with Gasteiger partial charge in [-0.25, -0.2) is 4.98 Å². The summed E-state index contributed by atoms with van der Waals surface area (Å²) in [5.41, 5.74) is 3.55. The van der Waals surface area contributed by atoms with Crippen LogP contribution >= 0.6 is 11.3 Å². The summed E-state index contributed by atoms with van der Waals surface area (Å²) >= 11 is 1.58. The van der Waals surface area contributed by atoms with E-state index in [1.165, 1.54) is 11.1 Å². The van der Waals surface area contributed by atoms with Crippen LogP contribution in [0.2, 0.25) is 0 Å². The molecule has 31 heavy (non-hydrogen) atoms. The minimum absolute atomic E-state index is 0.0375. The maximum atomic E-state index is 13.1. The number of aromatic nitrogens is 1. The number of benzene rings is 2. The standard InChI is InChI=1S/C25H25N3O2S/c1-18-7-9-19(10-8-18)17-27-13-4-14-28(16-15-27)25(29)22-12-11-21(30-22)24-26-20-5-2-3-6-23(20)31-24/h2-3,5-12H,4,13-17H2,1H3. The van der Waals surface area contributed by atoms with Crippen molar-refractivity contribution < 1.29 is 9.21 Å². The molecule has 5 nitrogen and oxygen atoms in total. The minimum Gasteiger partial charge on any atom is -0.448 e. The molecule has 1 aliphatic heterocycles. The van der Waals surface area contributed by atoms with E-state index >= 15 is 0 Å². The quantitative estimate of drug-likeness (QED) is 0.445. The molecule has 158 valence electrons. The van der Waals surface area contributed by atoms with Crippen molar-refractivity contribution in [3.63, 3.8) is 0 Å². The van der Waals surface area contributed by atoms with Crippen LogP contribution in [0.5, 0.6) is 0 Å². The fourth-order valence-electron chi connectivity index (χ4n) is 3.99. The summed E-state index contributed by atoms with van der Waals surface area (Å²) in [6.45, 7) is 6.35. The third-order valence-corrected chi connectivity index (χ3v) is 6.77. The highest BCUT2D eigenvalue weighted by atomic mass is 32.1. The van der Waals surface area contributed by atoms with Crippen LogP contribution in [0, 0.1) is 6.92 Å². The van der Waals surface area contributed by atoms with Crippen molar-refractivity contribution in [1.82, 2.24) is 14.8 Å². The molecular formula is C25H25N3O2S. The molecule has 1 amide bonds. The number of para-hydroxylation sites is 1. The summed E-state index contributed by atoms with van der Waals surface area (Å²) in [6.07, 6.45) is 0.961. The van der Waals surface area contributed by atoms with Crippen molar-refractivity contribution in [3.8, 4) is 10.8 Å². The minimum atomic E-state index is -0.0375. The smallest absolute Gasteiger partial charge is 0.289 e. The SMILES string of the molecule is Cc1ccc(CN2CCCN(C(=O)c3ccc(-c4nc5ccccc5s4)o3)CC2)cc1. The van der Waals surface area contributed by atoms with Crippen LogP contribution in [-0.4, -0.2) is 46.9 Å². The Morgan fingerprint density at radius 2 is 1.84 bits per heavy atom. The number of furan rings is 1. The van der Waals surface area contributed by atoms with E-state index in [4.69, 9.17) is 4.42 Å². The Labute approximate surface area is 185 Å². The Balaban J connectivity index is 1.24. The summed E-state index contributed by atoms with van der Waals surface area (Å²) < 4.78 is 7.05. The Morgan fingerprint density at radius 3 is 2.68 bits per heavy atom. The van der Waals surface area contributed by atoms with Crippen molar-refractivity contribution in [2.75, 3.05) is 26.2 Å². The van der Waals surface area contributed by atoms with Gasteiger partial charge < -0.3 is 9.32 Å². The number of aryl methyl sites for hydroxylation is 1. The number of nitrogens with zero attached hydrogens (tertiary/aromatic N) is 3. The summed E-state index contributed by atoms with van der Waals surface area (Å²) in [4.78, 5) is 22.0. The van der Waals surface area contributed by atoms with Crippen LogP contribution in [0.15, 0.2) is 65.1 Å². The average Bonchev–Trinajstić information content (AvgIpc) is 3.38. The van der Waals surface area contributed by atoms with Crippen LogP contribution in [0.4, 0.5) is 0 Å². The van der Waals surface area contributed by atoms with E-state index < -0.39 is 0 Å². The molecule has 0 spiro atoms. The van der Waals surface area contributed by atoms with Crippen molar-refractivity contribution in [2.45, 2.75) is 19.9 Å². The van der Waals surface area contributed by atoms with E-state index in [0.29, 0.717) is 18.1 Å². The first-order chi connectivity index (χ1) is 15.2. The molecule has 0 atom stereocenters. The number of thiazole rings is 1. The van der Waals surface area contributed by atoms with Gasteiger partial charge in [0.25, 0.3) is 5.91 Å². The lowest BCUT2D eigenvalue weighted by Crippen LogP contribution is -2.34. The number of rotatable bonds is 4. The maximum Gasteiger partial charge on any atom is 0.289 e. The average molecular weight is 432 g/mol. The van der Waals surface area contributed by atoms with Crippen LogP contribution < -0.4 is 0 Å². The molecule has 0 radical (unpaired) electrons. The molecular weight excluding hydrogens is 406 g/mol. The van der Waals surface area contributed by atoms with Gasteiger partial charge in [-0.3, -0.25) is 9.69 Å². The molecule has 2 aromatic heterocycles. The molecule has 3 heterocycles. The second-order valence-electron chi connectivity index (χ2n) is 8.06. The molecule has 1 fully saturated rings. The van der Waals surface area contributed by atoms with Gasteiger partial charge in [0.05, 0.1) is 10.2 Å². The van der Waals surface area contributed by atoms with Gasteiger partial charge in [-0.2, -0.15) is 0 Å². The van der Waals surface area contributed by atoms with Crippen molar-refractivity contribution in [1.29, 1.82) is 0 Å². The molecule has 1 aliphatic rings. The number of hydrogen-bond donors (Lipinski definition) is 0. The monoisotopic (exact) mass is 431 g/mol. The maximum absolute atomic E-state index is 13.1. The Morgan fingerprint density at radius 1 is 1.00 bits per heavy atom. The zero-order chi connectivity index (χ0) is 21.2. The number of amides is 1. The van der Waals surface area contributed by atoms with E-state index in [1.807, 2.05) is 35.2 Å². The first-order valence-corrected chi connectivity index (χ1v) is 11.5. The fraction of sp³-hybridized carbons (Fsp3) is 0.280. The van der Waals surface area contributed by atoms with Gasteiger partial charge in [0.2, 0.25) is 0 Å². The molecule has 5 rings (SSSR count). The predicted molar refractivity (Wildman–Crippen MR) is 124 cm³/mol. The van der Waals surface area contributed by atoms with Crippen LogP contribution in [0.25, 0.3) is 21.0 Å². The molecule has 0 aliphatic carbocycles. The number of fused-ring (bicyclic) bond motifs is 1. The van der Waals surface area contributed by atoms with E-state index in [0.717, 1.165) is 47.8 Å². The van der Waals surface area contributed by atoms with Crippen molar-refractivity contribution in [3.05, 3.63) is 77.6 Å². The summed E-state index contributed by atoms with van der Waals surface area (Å²) in [6, 6.07) is 20.3. The van der Waals surface area contributed by atoms with E-state index in [-0.39, 0.29) is 5.91 Å². The molecule has 2 aromatic carbocycles. The number of carbonyl (C=O) groups excluding carboxylic acids is 1. The zero-order valence-electron chi connectivity index (χ0n) is 17.6. The third kappa shape index (κ3) is 4.40. The van der Waals surface area contributed by atoms with Gasteiger partial charge in [-0.1, -0.05) is 42.0 Å². The van der Waals surface area contributed by atoms with E-state index in [9.17, 15) is 4.79 Å². The van der Waals surface area contributed by atoms with Gasteiger partial charge in [-0.15, -0.1) is 11.3 Å². The molecule has 6 heteroatoms. The lowest BCUT2D eigenvalue weighted by atomic mass is 10.1. The molecule has 1 saturated heterocycles. The van der Waals surface area contributed by atoms with Crippen LogP contribution in [0.3, 0.4) is 0 Å². The lowest BCUT2D eigenvalue weighted by Gasteiger charge is -2.21. The van der Waals surface area contributed by atoms with Gasteiger partial charge in [0.1, 0.15) is 0 Å². The molecule has 0 saturated carbocycles. The highest BCUT2D eigenvalue weighted by Crippen LogP contribution is 2.31. The largest absolute Gasteiger partial charge is 0.448 e. The van der Waals surface area contributed by atoms with Crippen molar-refractivity contribution in [2.24, 2.45) is 0 Å². The first-order valence-electron chi connectivity index (χ1n) is 10.7. The summed E-state index contributed by atoms with van der Waals surface area (Å²) in [7, 11) is 0. The van der Waals surface area contributed by atoms with Gasteiger partial charge in [-0.05, 0) is 43.2 Å². The van der Waals surface area contributed by atoms with Gasteiger partial charge >= 0.3 is 0 Å². The van der Waals surface area contributed by atoms with Gasteiger partial charge in [0.15, 0.2) is 16.5 Å². The van der Waals surface area contributed by atoms with E-state index in [2.05, 4.69) is 41.1 Å². The molecule has 0 bridgehead atoms. The lowest BCUT2D eigenvalue weighted by molar-refractivity contribution is 0.0730. The molecule has 0 unspecified atom stereocenters. The second-order valence-corrected chi connectivity index (χ2v) is 9.09. The number of carbonyl (C=O) groups is 1. The Hall–Kier alpha value is -2.96. The Kier molecular flexibility index (Phi) is 5.57. The zero-order valence-corrected chi connectivity index (χ0v) is 18.4. The second kappa shape index (κ2) is 8.65. The molecule has 4 aromatic rings. The van der Waals surface area contributed by atoms with Gasteiger partial charge in [0, 0.05) is 32.7 Å². The third-order valence-electron chi connectivity index (χ3n) is 5.72. The topological polar surface area (TPSA) is 49.6 Å². The highest BCUT2D eigenvalue weighted by Gasteiger charge is 2.23. The normalized spacial score (nSPS) is 15.3. The molecule has 0 N–H and O–H groups in total. The Bertz CT molecular complexity index is 1160.